The maximum absolute atomic E-state index is 11.7. The standard InChI is InChI=1S/C15H18O5/c1-10(20-9-12-6-4-3-5-7-12)8-13(16)11(2)14(17)15(18)19/h3-7,10-11H,8-9H2,1-2H3,(H,18,19). The van der Waals surface area contributed by atoms with Crippen LogP contribution in [0.2, 0.25) is 0 Å². The van der Waals surface area contributed by atoms with Crippen molar-refractivity contribution in [3.05, 3.63) is 35.9 Å². The van der Waals surface area contributed by atoms with Crippen LogP contribution in [0.1, 0.15) is 25.8 Å². The average molecular weight is 278 g/mol. The molecular formula is C15H18O5. The monoisotopic (exact) mass is 278 g/mol. The fraction of sp³-hybridized carbons (Fsp3) is 0.400. The molecule has 0 fully saturated rings. The summed E-state index contributed by atoms with van der Waals surface area (Å²) in [4.78, 5) is 33.4. The molecule has 1 rings (SSSR count). The van der Waals surface area contributed by atoms with Gasteiger partial charge in [-0.2, -0.15) is 0 Å². The van der Waals surface area contributed by atoms with Crippen LogP contribution in [0.15, 0.2) is 30.3 Å². The van der Waals surface area contributed by atoms with Gasteiger partial charge in [0.15, 0.2) is 0 Å². The van der Waals surface area contributed by atoms with Gasteiger partial charge in [-0.15, -0.1) is 0 Å². The minimum Gasteiger partial charge on any atom is -0.475 e. The van der Waals surface area contributed by atoms with Crippen molar-refractivity contribution in [3.8, 4) is 0 Å². The van der Waals surface area contributed by atoms with E-state index in [9.17, 15) is 14.4 Å². The molecule has 2 unspecified atom stereocenters. The molecular weight excluding hydrogens is 260 g/mol. The maximum Gasteiger partial charge on any atom is 0.372 e. The van der Waals surface area contributed by atoms with E-state index in [1.807, 2.05) is 30.3 Å². The Morgan fingerprint density at radius 1 is 1.15 bits per heavy atom. The van der Waals surface area contributed by atoms with E-state index < -0.39 is 23.5 Å². The number of hydrogen-bond donors (Lipinski definition) is 1. The summed E-state index contributed by atoms with van der Waals surface area (Å²) < 4.78 is 5.51. The zero-order valence-corrected chi connectivity index (χ0v) is 11.5. The van der Waals surface area contributed by atoms with Gasteiger partial charge in [-0.3, -0.25) is 9.59 Å². The van der Waals surface area contributed by atoms with Gasteiger partial charge in [0.05, 0.1) is 18.6 Å². The summed E-state index contributed by atoms with van der Waals surface area (Å²) in [6.45, 7) is 3.40. The first-order valence-corrected chi connectivity index (χ1v) is 6.37. The van der Waals surface area contributed by atoms with Crippen LogP contribution in [-0.4, -0.2) is 28.7 Å². The van der Waals surface area contributed by atoms with Crippen LogP contribution in [0.3, 0.4) is 0 Å². The largest absolute Gasteiger partial charge is 0.475 e. The number of carboxylic acid groups (broad SMARTS) is 1. The van der Waals surface area contributed by atoms with E-state index in [1.54, 1.807) is 6.92 Å². The molecule has 1 N–H and O–H groups in total. The van der Waals surface area contributed by atoms with E-state index in [0.717, 1.165) is 5.56 Å². The van der Waals surface area contributed by atoms with Crippen molar-refractivity contribution in [2.45, 2.75) is 33.0 Å². The van der Waals surface area contributed by atoms with Gasteiger partial charge >= 0.3 is 5.97 Å². The lowest BCUT2D eigenvalue weighted by Gasteiger charge is -2.14. The molecule has 1 aromatic carbocycles. The summed E-state index contributed by atoms with van der Waals surface area (Å²) in [5, 5.41) is 8.55. The molecule has 108 valence electrons. The molecule has 2 atom stereocenters. The Kier molecular flexibility index (Phi) is 6.06. The highest BCUT2D eigenvalue weighted by molar-refractivity contribution is 6.37. The summed E-state index contributed by atoms with van der Waals surface area (Å²) in [5.41, 5.74) is 0.987. The van der Waals surface area contributed by atoms with Crippen molar-refractivity contribution >= 4 is 17.5 Å². The molecule has 0 aromatic heterocycles. The Morgan fingerprint density at radius 2 is 1.75 bits per heavy atom. The van der Waals surface area contributed by atoms with Gasteiger partial charge in [-0.1, -0.05) is 30.3 Å². The Hall–Kier alpha value is -2.01. The predicted molar refractivity (Wildman–Crippen MR) is 72.1 cm³/mol. The van der Waals surface area contributed by atoms with Crippen molar-refractivity contribution in [3.63, 3.8) is 0 Å². The van der Waals surface area contributed by atoms with Crippen LogP contribution in [0.5, 0.6) is 0 Å². The topological polar surface area (TPSA) is 80.7 Å². The Balaban J connectivity index is 2.42. The van der Waals surface area contributed by atoms with E-state index in [4.69, 9.17) is 9.84 Å². The average Bonchev–Trinajstić information content (AvgIpc) is 2.44. The van der Waals surface area contributed by atoms with Gasteiger partial charge in [-0.25, -0.2) is 4.79 Å². The zero-order chi connectivity index (χ0) is 15.1. The van der Waals surface area contributed by atoms with Crippen LogP contribution >= 0.6 is 0 Å². The lowest BCUT2D eigenvalue weighted by molar-refractivity contribution is -0.152. The lowest BCUT2D eigenvalue weighted by atomic mass is 9.97. The quantitative estimate of drug-likeness (QED) is 0.579. The second kappa shape index (κ2) is 7.55. The predicted octanol–water partition coefficient (Wildman–Crippen LogP) is 1.84. The van der Waals surface area contributed by atoms with E-state index in [2.05, 4.69) is 0 Å². The minimum absolute atomic E-state index is 0.0209. The van der Waals surface area contributed by atoms with Crippen LogP contribution in [0.4, 0.5) is 0 Å². The third-order valence-electron chi connectivity index (χ3n) is 2.95. The van der Waals surface area contributed by atoms with Gasteiger partial charge in [0.1, 0.15) is 5.78 Å². The third kappa shape index (κ3) is 4.93. The van der Waals surface area contributed by atoms with Gasteiger partial charge in [0.2, 0.25) is 5.78 Å². The maximum atomic E-state index is 11.7. The number of ketones is 2. The van der Waals surface area contributed by atoms with Crippen LogP contribution in [0, 0.1) is 5.92 Å². The first-order chi connectivity index (χ1) is 9.41. The number of benzene rings is 1. The molecule has 0 aliphatic heterocycles. The summed E-state index contributed by atoms with van der Waals surface area (Å²) in [6.07, 6.45) is -0.348. The fourth-order valence-corrected chi connectivity index (χ4v) is 1.66. The van der Waals surface area contributed by atoms with Crippen LogP contribution in [-0.2, 0) is 25.7 Å². The van der Waals surface area contributed by atoms with Crippen molar-refractivity contribution in [1.82, 2.24) is 0 Å². The summed E-state index contributed by atoms with van der Waals surface area (Å²) in [5.74, 6) is -4.21. The highest BCUT2D eigenvalue weighted by atomic mass is 16.5. The second-order valence-corrected chi connectivity index (χ2v) is 4.67. The van der Waals surface area contributed by atoms with Gasteiger partial charge in [0, 0.05) is 6.42 Å². The molecule has 0 spiro atoms. The number of carbonyl (C=O) groups excluding carboxylic acids is 2. The number of carboxylic acids is 1. The molecule has 0 heterocycles. The van der Waals surface area contributed by atoms with Gasteiger partial charge in [-0.05, 0) is 19.4 Å². The summed E-state index contributed by atoms with van der Waals surface area (Å²) in [7, 11) is 0. The third-order valence-corrected chi connectivity index (χ3v) is 2.95. The summed E-state index contributed by atoms with van der Waals surface area (Å²) in [6, 6.07) is 9.50. The van der Waals surface area contributed by atoms with E-state index in [0.29, 0.717) is 6.61 Å². The van der Waals surface area contributed by atoms with Crippen LogP contribution in [0.25, 0.3) is 0 Å². The smallest absolute Gasteiger partial charge is 0.372 e. The second-order valence-electron chi connectivity index (χ2n) is 4.67. The number of aliphatic carboxylic acids is 1. The normalized spacial score (nSPS) is 13.5. The molecule has 1 aromatic rings. The number of carbonyl (C=O) groups is 3. The first-order valence-electron chi connectivity index (χ1n) is 6.37. The van der Waals surface area contributed by atoms with Crippen molar-refractivity contribution in [2.75, 3.05) is 0 Å². The van der Waals surface area contributed by atoms with Crippen molar-refractivity contribution in [1.29, 1.82) is 0 Å². The number of ether oxygens (including phenoxy) is 1. The van der Waals surface area contributed by atoms with Gasteiger partial charge < -0.3 is 9.84 Å². The molecule has 0 aliphatic carbocycles. The molecule has 5 nitrogen and oxygen atoms in total. The van der Waals surface area contributed by atoms with E-state index >= 15 is 0 Å². The summed E-state index contributed by atoms with van der Waals surface area (Å²) >= 11 is 0. The molecule has 5 heteroatoms. The molecule has 0 saturated heterocycles. The Bertz CT molecular complexity index is 480. The first kappa shape index (κ1) is 16.0. The fourth-order valence-electron chi connectivity index (χ4n) is 1.66. The Labute approximate surface area is 117 Å². The molecule has 0 bridgehead atoms. The van der Waals surface area contributed by atoms with E-state index in [1.165, 1.54) is 6.92 Å². The molecule has 0 saturated carbocycles. The Morgan fingerprint density at radius 3 is 2.30 bits per heavy atom. The molecule has 0 amide bonds. The SMILES string of the molecule is CC(CC(=O)C(C)C(=O)C(=O)O)OCc1ccccc1. The highest BCUT2D eigenvalue weighted by Crippen LogP contribution is 2.10. The molecule has 0 aliphatic rings. The zero-order valence-electron chi connectivity index (χ0n) is 11.5. The lowest BCUT2D eigenvalue weighted by Crippen LogP contribution is -2.29. The molecule has 0 radical (unpaired) electrons. The van der Waals surface area contributed by atoms with Crippen molar-refractivity contribution in [2.24, 2.45) is 5.92 Å². The van der Waals surface area contributed by atoms with Gasteiger partial charge in [0.25, 0.3) is 0 Å². The number of hydrogen-bond acceptors (Lipinski definition) is 4. The number of rotatable bonds is 8. The van der Waals surface area contributed by atoms with E-state index in [-0.39, 0.29) is 12.5 Å². The van der Waals surface area contributed by atoms with Crippen LogP contribution < -0.4 is 0 Å². The minimum atomic E-state index is -1.58. The molecule has 20 heavy (non-hydrogen) atoms. The number of Topliss-reactive ketones (excluding diaryl/α,β-unsaturated/α-hetero) is 2. The van der Waals surface area contributed by atoms with Crippen molar-refractivity contribution < 1.29 is 24.2 Å². The highest BCUT2D eigenvalue weighted by Gasteiger charge is 2.27.